The van der Waals surface area contributed by atoms with Crippen LogP contribution in [0.5, 0.6) is 0 Å². The van der Waals surface area contributed by atoms with Gasteiger partial charge in [0.1, 0.15) is 11.4 Å². The number of amides is 1. The summed E-state index contributed by atoms with van der Waals surface area (Å²) in [5.41, 5.74) is -1.05. The molecule has 134 valence electrons. The molecule has 25 heavy (non-hydrogen) atoms. The topological polar surface area (TPSA) is 42.4 Å². The Morgan fingerprint density at radius 1 is 1.12 bits per heavy atom. The molecule has 1 amide bonds. The van der Waals surface area contributed by atoms with Crippen molar-refractivity contribution in [1.82, 2.24) is 4.98 Å². The van der Waals surface area contributed by atoms with E-state index < -0.39 is 17.6 Å². The zero-order valence-electron chi connectivity index (χ0n) is 14.4. The van der Waals surface area contributed by atoms with Crippen molar-refractivity contribution in [3.05, 3.63) is 57.3 Å². The third-order valence-electron chi connectivity index (χ3n) is 3.33. The van der Waals surface area contributed by atoms with E-state index in [0.717, 1.165) is 8.47 Å². The van der Waals surface area contributed by atoms with Crippen LogP contribution in [-0.4, -0.2) is 23.7 Å². The molecule has 0 N–H and O–H groups in total. The zero-order valence-corrected chi connectivity index (χ0v) is 16.5. The Bertz CT molecular complexity index is 758. The van der Waals surface area contributed by atoms with Crippen LogP contribution in [0.15, 0.2) is 42.6 Å². The van der Waals surface area contributed by atoms with Gasteiger partial charge < -0.3 is 4.74 Å². The Balaban J connectivity index is 2.31. The molecule has 0 spiro atoms. The summed E-state index contributed by atoms with van der Waals surface area (Å²) in [6, 6.07) is 8.46. The molecule has 1 heterocycles. The zero-order chi connectivity index (χ0) is 18.8. The second-order valence-corrected chi connectivity index (χ2v) is 7.77. The van der Waals surface area contributed by atoms with E-state index in [1.807, 2.05) is 0 Å². The summed E-state index contributed by atoms with van der Waals surface area (Å²) < 4.78 is 35.6. The van der Waals surface area contributed by atoms with E-state index in [9.17, 15) is 13.6 Å². The smallest absolute Gasteiger partial charge is 0.415 e. The molecule has 0 aliphatic heterocycles. The Kier molecular flexibility index (Phi) is 5.65. The summed E-state index contributed by atoms with van der Waals surface area (Å²) in [6.07, 6.45) is 0.598. The molecule has 0 bridgehead atoms. The summed E-state index contributed by atoms with van der Waals surface area (Å²) in [4.78, 5) is 17.2. The maximum absolute atomic E-state index is 14.8. The number of alkyl halides is 2. The molecule has 0 aliphatic carbocycles. The SMILES string of the molecule is CN(C(=O)OC(C)(C)C)c1cc(C(F)(F)c2ccc(I)cc2)ccn1. The number of rotatable bonds is 3. The second kappa shape index (κ2) is 7.23. The highest BCUT2D eigenvalue weighted by atomic mass is 127. The predicted octanol–water partition coefficient (Wildman–Crippen LogP) is 5.20. The minimum Gasteiger partial charge on any atom is -0.443 e. The first kappa shape index (κ1) is 19.6. The second-order valence-electron chi connectivity index (χ2n) is 6.52. The molecule has 0 saturated heterocycles. The van der Waals surface area contributed by atoms with Crippen LogP contribution in [0.2, 0.25) is 0 Å². The Morgan fingerprint density at radius 3 is 2.28 bits per heavy atom. The van der Waals surface area contributed by atoms with Crippen LogP contribution < -0.4 is 4.90 Å². The van der Waals surface area contributed by atoms with Crippen LogP contribution in [0.4, 0.5) is 19.4 Å². The monoisotopic (exact) mass is 460 g/mol. The first-order chi connectivity index (χ1) is 11.5. The number of aromatic nitrogens is 1. The summed E-state index contributed by atoms with van der Waals surface area (Å²) >= 11 is 2.06. The van der Waals surface area contributed by atoms with Gasteiger partial charge in [-0.15, -0.1) is 0 Å². The average Bonchev–Trinajstić information content (AvgIpc) is 2.53. The summed E-state index contributed by atoms with van der Waals surface area (Å²) in [5.74, 6) is -3.10. The number of hydrogen-bond donors (Lipinski definition) is 0. The highest BCUT2D eigenvalue weighted by molar-refractivity contribution is 14.1. The van der Waals surface area contributed by atoms with E-state index in [1.165, 1.54) is 37.5 Å². The minimum absolute atomic E-state index is 0.0944. The van der Waals surface area contributed by atoms with Gasteiger partial charge in [-0.2, -0.15) is 8.78 Å². The third-order valence-corrected chi connectivity index (χ3v) is 4.05. The van der Waals surface area contributed by atoms with E-state index in [1.54, 1.807) is 32.9 Å². The number of hydrogen-bond acceptors (Lipinski definition) is 3. The molecule has 0 atom stereocenters. The number of carbonyl (C=O) groups is 1. The van der Waals surface area contributed by atoms with E-state index in [4.69, 9.17) is 4.74 Å². The van der Waals surface area contributed by atoms with Gasteiger partial charge in [0.2, 0.25) is 0 Å². The summed E-state index contributed by atoms with van der Waals surface area (Å²) in [7, 11) is 1.43. The lowest BCUT2D eigenvalue weighted by Crippen LogP contribution is -2.34. The van der Waals surface area contributed by atoms with Crippen LogP contribution in [0.1, 0.15) is 31.9 Å². The Labute approximate surface area is 159 Å². The molecule has 2 aromatic rings. The number of benzene rings is 1. The van der Waals surface area contributed by atoms with Gasteiger partial charge in [0.15, 0.2) is 0 Å². The average molecular weight is 460 g/mol. The quantitative estimate of drug-likeness (QED) is 0.592. The van der Waals surface area contributed by atoms with Crippen LogP contribution in [0, 0.1) is 3.57 Å². The van der Waals surface area contributed by atoms with Crippen molar-refractivity contribution in [1.29, 1.82) is 0 Å². The van der Waals surface area contributed by atoms with Crippen LogP contribution in [0.25, 0.3) is 0 Å². The van der Waals surface area contributed by atoms with Crippen LogP contribution in [-0.2, 0) is 10.7 Å². The maximum atomic E-state index is 14.8. The first-order valence-electron chi connectivity index (χ1n) is 7.58. The van der Waals surface area contributed by atoms with Crippen molar-refractivity contribution < 1.29 is 18.3 Å². The van der Waals surface area contributed by atoms with E-state index in [2.05, 4.69) is 27.6 Å². The molecule has 0 radical (unpaired) electrons. The highest BCUT2D eigenvalue weighted by Crippen LogP contribution is 2.36. The highest BCUT2D eigenvalue weighted by Gasteiger charge is 2.35. The van der Waals surface area contributed by atoms with Gasteiger partial charge in [0.25, 0.3) is 5.92 Å². The van der Waals surface area contributed by atoms with Crippen molar-refractivity contribution in [2.45, 2.75) is 32.3 Å². The molecule has 0 saturated carbocycles. The van der Waals surface area contributed by atoms with E-state index in [-0.39, 0.29) is 16.9 Å². The van der Waals surface area contributed by atoms with Gasteiger partial charge in [0, 0.05) is 27.9 Å². The fourth-order valence-electron chi connectivity index (χ4n) is 2.05. The summed E-state index contributed by atoms with van der Waals surface area (Å²) in [6.45, 7) is 5.19. The summed E-state index contributed by atoms with van der Waals surface area (Å²) in [5, 5.41) is 0. The fraction of sp³-hybridized carbons (Fsp3) is 0.333. The standard InChI is InChI=1S/C18H19F2IN2O2/c1-17(2,3)25-16(24)23(4)15-11-13(9-10-22-15)18(19,20)12-5-7-14(21)8-6-12/h5-11H,1-4H3. The molecule has 0 unspecified atom stereocenters. The van der Waals surface area contributed by atoms with Gasteiger partial charge in [0.05, 0.1) is 0 Å². The Hall–Kier alpha value is -1.77. The van der Waals surface area contributed by atoms with Crippen LogP contribution in [0.3, 0.4) is 0 Å². The van der Waals surface area contributed by atoms with Crippen molar-refractivity contribution in [3.8, 4) is 0 Å². The predicted molar refractivity (Wildman–Crippen MR) is 101 cm³/mol. The molecule has 2 rings (SSSR count). The van der Waals surface area contributed by atoms with Gasteiger partial charge in [-0.05, 0) is 67.6 Å². The Morgan fingerprint density at radius 2 is 1.72 bits per heavy atom. The number of ether oxygens (including phenoxy) is 1. The third kappa shape index (κ3) is 4.87. The van der Waals surface area contributed by atoms with Gasteiger partial charge >= 0.3 is 6.09 Å². The molecular formula is C18H19F2IN2O2. The molecule has 0 fully saturated rings. The fourth-order valence-corrected chi connectivity index (χ4v) is 2.41. The number of nitrogens with zero attached hydrogens (tertiary/aromatic N) is 2. The van der Waals surface area contributed by atoms with E-state index >= 15 is 0 Å². The lowest BCUT2D eigenvalue weighted by atomic mass is 10.0. The van der Waals surface area contributed by atoms with Crippen molar-refractivity contribution in [3.63, 3.8) is 0 Å². The number of halogens is 3. The van der Waals surface area contributed by atoms with Crippen molar-refractivity contribution in [2.24, 2.45) is 0 Å². The van der Waals surface area contributed by atoms with Gasteiger partial charge in [-0.1, -0.05) is 12.1 Å². The molecule has 7 heteroatoms. The minimum atomic E-state index is -3.20. The normalized spacial score (nSPS) is 12.0. The number of carbonyl (C=O) groups excluding carboxylic acids is 1. The van der Waals surface area contributed by atoms with E-state index in [0.29, 0.717) is 0 Å². The molecule has 4 nitrogen and oxygen atoms in total. The lowest BCUT2D eigenvalue weighted by molar-refractivity contribution is 0.0425. The van der Waals surface area contributed by atoms with Crippen molar-refractivity contribution in [2.75, 3.05) is 11.9 Å². The van der Waals surface area contributed by atoms with Gasteiger partial charge in [-0.3, -0.25) is 4.90 Å². The number of pyridine rings is 1. The molecule has 1 aromatic carbocycles. The molecular weight excluding hydrogens is 441 g/mol. The molecule has 1 aromatic heterocycles. The van der Waals surface area contributed by atoms with Crippen molar-refractivity contribution >= 4 is 34.5 Å². The number of anilines is 1. The largest absolute Gasteiger partial charge is 0.443 e. The molecule has 0 aliphatic rings. The van der Waals surface area contributed by atoms with Crippen LogP contribution >= 0.6 is 22.6 Å². The maximum Gasteiger partial charge on any atom is 0.415 e. The first-order valence-corrected chi connectivity index (χ1v) is 8.66. The van der Waals surface area contributed by atoms with Gasteiger partial charge in [-0.25, -0.2) is 9.78 Å². The lowest BCUT2D eigenvalue weighted by Gasteiger charge is -2.25.